The standard InChI is InChI=1S/C24H34N4O2S/c1-19-6-8-24(9-7-19)31(29,30)26-16-23-15-20-10-14-28(23)18-21(20)17-27(2)13-11-22-5-3-4-12-25-22/h3-9,12,20-21,23,26H,10-11,13-18H2,1-2H3. The first-order valence-electron chi connectivity index (χ1n) is 11.3. The molecule has 0 amide bonds. The molecule has 3 aliphatic rings. The van der Waals surface area contributed by atoms with Gasteiger partial charge in [0, 0.05) is 50.5 Å². The Morgan fingerprint density at radius 2 is 2.00 bits per heavy atom. The fraction of sp³-hybridized carbons (Fsp3) is 0.542. The fourth-order valence-corrected chi connectivity index (χ4v) is 6.09. The van der Waals surface area contributed by atoms with Crippen LogP contribution >= 0.6 is 0 Å². The predicted molar refractivity (Wildman–Crippen MR) is 123 cm³/mol. The second kappa shape index (κ2) is 9.77. The number of aromatic nitrogens is 1. The van der Waals surface area contributed by atoms with Crippen molar-refractivity contribution >= 4 is 10.0 Å². The van der Waals surface area contributed by atoms with Crippen molar-refractivity contribution in [3.05, 3.63) is 59.9 Å². The maximum absolute atomic E-state index is 12.6. The molecular formula is C24H34N4O2S. The Kier molecular flexibility index (Phi) is 7.06. The highest BCUT2D eigenvalue weighted by Crippen LogP contribution is 2.36. The van der Waals surface area contributed by atoms with Gasteiger partial charge in [-0.25, -0.2) is 13.1 Å². The zero-order chi connectivity index (χ0) is 21.8. The van der Waals surface area contributed by atoms with E-state index in [1.54, 1.807) is 12.1 Å². The Balaban J connectivity index is 1.26. The van der Waals surface area contributed by atoms with E-state index in [9.17, 15) is 8.42 Å². The molecule has 2 bridgehead atoms. The Hall–Kier alpha value is -1.80. The summed E-state index contributed by atoms with van der Waals surface area (Å²) in [5, 5.41) is 0. The van der Waals surface area contributed by atoms with Gasteiger partial charge in [-0.1, -0.05) is 23.8 Å². The molecule has 168 valence electrons. The van der Waals surface area contributed by atoms with Crippen LogP contribution in [-0.4, -0.2) is 69.0 Å². The van der Waals surface area contributed by atoms with E-state index in [0.29, 0.717) is 29.3 Å². The van der Waals surface area contributed by atoms with E-state index in [1.807, 2.05) is 37.4 Å². The minimum absolute atomic E-state index is 0.300. The van der Waals surface area contributed by atoms with Gasteiger partial charge in [0.05, 0.1) is 4.90 Å². The van der Waals surface area contributed by atoms with Crippen LogP contribution in [0.5, 0.6) is 0 Å². The molecule has 3 fully saturated rings. The van der Waals surface area contributed by atoms with Gasteiger partial charge in [0.25, 0.3) is 0 Å². The van der Waals surface area contributed by atoms with Crippen LogP contribution in [0, 0.1) is 18.8 Å². The summed E-state index contributed by atoms with van der Waals surface area (Å²) in [6, 6.07) is 13.4. The smallest absolute Gasteiger partial charge is 0.240 e. The Morgan fingerprint density at radius 1 is 1.19 bits per heavy atom. The van der Waals surface area contributed by atoms with Crippen LogP contribution in [0.4, 0.5) is 0 Å². The zero-order valence-corrected chi connectivity index (χ0v) is 19.4. The lowest BCUT2D eigenvalue weighted by atomic mass is 9.75. The summed E-state index contributed by atoms with van der Waals surface area (Å²) in [5.41, 5.74) is 2.20. The molecule has 3 saturated heterocycles. The average Bonchev–Trinajstić information content (AvgIpc) is 2.78. The molecule has 3 aliphatic heterocycles. The van der Waals surface area contributed by atoms with Crippen LogP contribution < -0.4 is 4.72 Å². The van der Waals surface area contributed by atoms with Crippen molar-refractivity contribution in [1.29, 1.82) is 0 Å². The number of sulfonamides is 1. The summed E-state index contributed by atoms with van der Waals surface area (Å²) < 4.78 is 28.2. The summed E-state index contributed by atoms with van der Waals surface area (Å²) in [6.45, 7) is 6.71. The molecule has 5 rings (SSSR count). The molecule has 6 nitrogen and oxygen atoms in total. The van der Waals surface area contributed by atoms with Crippen LogP contribution in [0.15, 0.2) is 53.6 Å². The van der Waals surface area contributed by atoms with Crippen molar-refractivity contribution < 1.29 is 8.42 Å². The second-order valence-electron chi connectivity index (χ2n) is 9.19. The Labute approximate surface area is 186 Å². The molecule has 1 aromatic carbocycles. The predicted octanol–water partition coefficient (Wildman–Crippen LogP) is 2.55. The van der Waals surface area contributed by atoms with Gasteiger partial charge in [-0.15, -0.1) is 0 Å². The third-order valence-corrected chi connectivity index (χ3v) is 8.32. The lowest BCUT2D eigenvalue weighted by molar-refractivity contribution is -0.00735. The molecule has 4 heterocycles. The van der Waals surface area contributed by atoms with Crippen molar-refractivity contribution in [1.82, 2.24) is 19.5 Å². The number of likely N-dealkylation sites (N-methyl/N-ethyl adjacent to an activating group) is 1. The van der Waals surface area contributed by atoms with Gasteiger partial charge in [-0.2, -0.15) is 0 Å². The van der Waals surface area contributed by atoms with Gasteiger partial charge >= 0.3 is 0 Å². The highest BCUT2D eigenvalue weighted by Gasteiger charge is 2.40. The van der Waals surface area contributed by atoms with E-state index in [1.165, 1.54) is 6.42 Å². The maximum atomic E-state index is 12.6. The lowest BCUT2D eigenvalue weighted by Crippen LogP contribution is -2.58. The Bertz CT molecular complexity index is 949. The van der Waals surface area contributed by atoms with Gasteiger partial charge in [0.2, 0.25) is 10.0 Å². The molecule has 0 radical (unpaired) electrons. The summed E-state index contributed by atoms with van der Waals surface area (Å²) in [7, 11) is -1.25. The first kappa shape index (κ1) is 22.4. The first-order valence-corrected chi connectivity index (χ1v) is 12.8. The fourth-order valence-electron chi connectivity index (χ4n) is 5.02. The number of aryl methyl sites for hydroxylation is 1. The van der Waals surface area contributed by atoms with E-state index in [2.05, 4.69) is 32.6 Å². The van der Waals surface area contributed by atoms with Crippen molar-refractivity contribution in [2.24, 2.45) is 11.8 Å². The van der Waals surface area contributed by atoms with Crippen LogP contribution in [-0.2, 0) is 16.4 Å². The van der Waals surface area contributed by atoms with Gasteiger partial charge < -0.3 is 4.90 Å². The topological polar surface area (TPSA) is 65.5 Å². The summed E-state index contributed by atoms with van der Waals surface area (Å²) in [4.78, 5) is 9.69. The highest BCUT2D eigenvalue weighted by atomic mass is 32.2. The number of piperidine rings is 3. The molecule has 0 spiro atoms. The maximum Gasteiger partial charge on any atom is 0.240 e. The first-order chi connectivity index (χ1) is 14.9. The number of rotatable bonds is 9. The quantitative estimate of drug-likeness (QED) is 0.647. The van der Waals surface area contributed by atoms with Crippen molar-refractivity contribution in [2.75, 3.05) is 39.8 Å². The monoisotopic (exact) mass is 442 g/mol. The number of benzene rings is 1. The number of nitrogens with zero attached hydrogens (tertiary/aromatic N) is 3. The van der Waals surface area contributed by atoms with Crippen LogP contribution in [0.25, 0.3) is 0 Å². The number of fused-ring (bicyclic) bond motifs is 3. The molecule has 0 saturated carbocycles. The molecule has 1 aromatic heterocycles. The van der Waals surface area contributed by atoms with Crippen LogP contribution in [0.1, 0.15) is 24.1 Å². The van der Waals surface area contributed by atoms with Crippen molar-refractivity contribution in [3.63, 3.8) is 0 Å². The third kappa shape index (κ3) is 5.71. The molecule has 4 atom stereocenters. The summed E-state index contributed by atoms with van der Waals surface area (Å²) >= 11 is 0. The van der Waals surface area contributed by atoms with Gasteiger partial charge in [0.1, 0.15) is 0 Å². The number of hydrogen-bond donors (Lipinski definition) is 1. The molecule has 7 heteroatoms. The van der Waals surface area contributed by atoms with Crippen LogP contribution in [0.2, 0.25) is 0 Å². The average molecular weight is 443 g/mol. The largest absolute Gasteiger partial charge is 0.306 e. The number of hydrogen-bond acceptors (Lipinski definition) is 5. The summed E-state index contributed by atoms with van der Waals surface area (Å²) in [5.74, 6) is 1.34. The van der Waals surface area contributed by atoms with Crippen LogP contribution in [0.3, 0.4) is 0 Å². The molecular weight excluding hydrogens is 408 g/mol. The SMILES string of the molecule is Cc1ccc(S(=O)(=O)NCC2CC3CCN2CC3CN(C)CCc2ccccn2)cc1. The third-order valence-electron chi connectivity index (χ3n) is 6.88. The Morgan fingerprint density at radius 3 is 2.68 bits per heavy atom. The zero-order valence-electron chi connectivity index (χ0n) is 18.6. The number of nitrogens with one attached hydrogen (secondary N) is 1. The minimum Gasteiger partial charge on any atom is -0.306 e. The molecule has 31 heavy (non-hydrogen) atoms. The van der Waals surface area contributed by atoms with E-state index < -0.39 is 10.0 Å². The lowest BCUT2D eigenvalue weighted by Gasteiger charge is -2.50. The number of pyridine rings is 1. The second-order valence-corrected chi connectivity index (χ2v) is 11.0. The molecule has 1 N–H and O–H groups in total. The summed E-state index contributed by atoms with van der Waals surface area (Å²) in [6.07, 6.45) is 5.13. The van der Waals surface area contributed by atoms with Gasteiger partial charge in [-0.05, 0) is 69.5 Å². The van der Waals surface area contributed by atoms with Gasteiger partial charge in [0.15, 0.2) is 0 Å². The normalized spacial score (nSPS) is 25.8. The minimum atomic E-state index is -3.45. The van der Waals surface area contributed by atoms with E-state index in [0.717, 1.165) is 50.3 Å². The highest BCUT2D eigenvalue weighted by molar-refractivity contribution is 7.89. The van der Waals surface area contributed by atoms with Crippen molar-refractivity contribution in [2.45, 2.75) is 37.1 Å². The van der Waals surface area contributed by atoms with E-state index in [-0.39, 0.29) is 0 Å². The van der Waals surface area contributed by atoms with Gasteiger partial charge in [-0.3, -0.25) is 9.88 Å². The van der Waals surface area contributed by atoms with Crippen molar-refractivity contribution in [3.8, 4) is 0 Å². The van der Waals surface area contributed by atoms with E-state index >= 15 is 0 Å². The molecule has 2 aromatic rings. The molecule has 0 aliphatic carbocycles. The molecule has 4 unspecified atom stereocenters. The van der Waals surface area contributed by atoms with E-state index in [4.69, 9.17) is 0 Å².